The van der Waals surface area contributed by atoms with Crippen LogP contribution in [0.3, 0.4) is 0 Å². The van der Waals surface area contributed by atoms with Crippen LogP contribution < -0.4 is 5.56 Å². The number of carbonyl (C=O) groups excluding carboxylic acids is 1. The minimum Gasteiger partial charge on any atom is -0.377 e. The fourth-order valence-corrected chi connectivity index (χ4v) is 1.97. The zero-order valence-corrected chi connectivity index (χ0v) is 9.81. The van der Waals surface area contributed by atoms with Gasteiger partial charge in [0.25, 0.3) is 5.91 Å². The fourth-order valence-electron chi connectivity index (χ4n) is 1.97. The lowest BCUT2D eigenvalue weighted by Crippen LogP contribution is -2.48. The number of aromatic amines is 1. The van der Waals surface area contributed by atoms with Gasteiger partial charge in [0, 0.05) is 18.8 Å². The van der Waals surface area contributed by atoms with Crippen molar-refractivity contribution in [2.24, 2.45) is 0 Å². The maximum atomic E-state index is 12.2. The third-order valence-corrected chi connectivity index (χ3v) is 2.99. The number of hydrogen-bond donors (Lipinski definition) is 1. The SMILES string of the molecule is CCC1COCCN1C(=O)c1ccc(=O)[nH]c1. The minimum atomic E-state index is -0.199. The van der Waals surface area contributed by atoms with Gasteiger partial charge in [0.2, 0.25) is 5.56 Å². The maximum Gasteiger partial charge on any atom is 0.255 e. The Morgan fingerprint density at radius 1 is 1.59 bits per heavy atom. The van der Waals surface area contributed by atoms with E-state index in [1.165, 1.54) is 12.3 Å². The number of pyridine rings is 1. The standard InChI is InChI=1S/C12H16N2O3/c1-2-10-8-17-6-5-14(10)12(16)9-3-4-11(15)13-7-9/h3-4,7,10H,2,5-6,8H2,1H3,(H,13,15). The van der Waals surface area contributed by atoms with Crippen molar-refractivity contribution in [3.8, 4) is 0 Å². The van der Waals surface area contributed by atoms with Gasteiger partial charge in [-0.2, -0.15) is 0 Å². The highest BCUT2D eigenvalue weighted by molar-refractivity contribution is 5.94. The summed E-state index contributed by atoms with van der Waals surface area (Å²) in [7, 11) is 0. The van der Waals surface area contributed by atoms with E-state index in [-0.39, 0.29) is 17.5 Å². The number of ether oxygens (including phenoxy) is 1. The molecule has 2 rings (SSSR count). The second-order valence-electron chi connectivity index (χ2n) is 4.08. The summed E-state index contributed by atoms with van der Waals surface area (Å²) < 4.78 is 5.36. The number of nitrogens with zero attached hydrogens (tertiary/aromatic N) is 1. The van der Waals surface area contributed by atoms with Crippen molar-refractivity contribution in [3.63, 3.8) is 0 Å². The normalized spacial score (nSPS) is 20.3. The Hall–Kier alpha value is -1.62. The van der Waals surface area contributed by atoms with Crippen LogP contribution in [0, 0.1) is 0 Å². The highest BCUT2D eigenvalue weighted by Gasteiger charge is 2.26. The third kappa shape index (κ3) is 2.55. The van der Waals surface area contributed by atoms with Gasteiger partial charge in [0.15, 0.2) is 0 Å². The van der Waals surface area contributed by atoms with E-state index >= 15 is 0 Å². The number of amides is 1. The van der Waals surface area contributed by atoms with Crippen LogP contribution in [0.1, 0.15) is 23.7 Å². The molecule has 17 heavy (non-hydrogen) atoms. The molecule has 1 fully saturated rings. The van der Waals surface area contributed by atoms with E-state index in [1.807, 2.05) is 11.8 Å². The third-order valence-electron chi connectivity index (χ3n) is 2.99. The van der Waals surface area contributed by atoms with Gasteiger partial charge in [0.05, 0.1) is 24.8 Å². The monoisotopic (exact) mass is 236 g/mol. The molecule has 0 aliphatic carbocycles. The van der Waals surface area contributed by atoms with E-state index in [9.17, 15) is 9.59 Å². The van der Waals surface area contributed by atoms with Crippen molar-refractivity contribution in [1.29, 1.82) is 0 Å². The minimum absolute atomic E-state index is 0.0450. The number of nitrogens with one attached hydrogen (secondary N) is 1. The molecule has 0 bridgehead atoms. The van der Waals surface area contributed by atoms with Gasteiger partial charge < -0.3 is 14.6 Å². The second kappa shape index (κ2) is 5.14. The predicted octanol–water partition coefficient (Wildman–Crippen LogP) is 0.626. The molecular formula is C12H16N2O3. The Morgan fingerprint density at radius 3 is 3.06 bits per heavy atom. The molecule has 1 aromatic heterocycles. The van der Waals surface area contributed by atoms with Gasteiger partial charge in [-0.1, -0.05) is 6.92 Å². The molecule has 1 aliphatic rings. The molecule has 5 nitrogen and oxygen atoms in total. The van der Waals surface area contributed by atoms with Crippen LogP contribution >= 0.6 is 0 Å². The second-order valence-corrected chi connectivity index (χ2v) is 4.08. The first-order valence-electron chi connectivity index (χ1n) is 5.80. The van der Waals surface area contributed by atoms with Crippen LogP contribution in [0.25, 0.3) is 0 Å². The Kier molecular flexibility index (Phi) is 3.58. The van der Waals surface area contributed by atoms with E-state index in [1.54, 1.807) is 6.07 Å². The molecule has 0 aromatic carbocycles. The quantitative estimate of drug-likeness (QED) is 0.819. The summed E-state index contributed by atoms with van der Waals surface area (Å²) in [6, 6.07) is 3.06. The van der Waals surface area contributed by atoms with Gasteiger partial charge in [-0.3, -0.25) is 9.59 Å². The number of hydrogen-bond acceptors (Lipinski definition) is 3. The summed E-state index contributed by atoms with van der Waals surface area (Å²) in [6.45, 7) is 3.81. The Balaban J connectivity index is 2.18. The molecule has 0 radical (unpaired) electrons. The number of H-pyrrole nitrogens is 1. The van der Waals surface area contributed by atoms with Gasteiger partial charge >= 0.3 is 0 Å². The first-order chi connectivity index (χ1) is 8.22. The fraction of sp³-hybridized carbons (Fsp3) is 0.500. The Bertz CT molecular complexity index is 435. The maximum absolute atomic E-state index is 12.2. The number of morpholine rings is 1. The van der Waals surface area contributed by atoms with Crippen molar-refractivity contribution in [3.05, 3.63) is 34.2 Å². The van der Waals surface area contributed by atoms with Crippen LogP contribution in [0.4, 0.5) is 0 Å². The van der Waals surface area contributed by atoms with Crippen molar-refractivity contribution < 1.29 is 9.53 Å². The molecule has 0 saturated carbocycles. The summed E-state index contributed by atoms with van der Waals surface area (Å²) in [4.78, 5) is 27.5. The van der Waals surface area contributed by atoms with Crippen molar-refractivity contribution >= 4 is 5.91 Å². The van der Waals surface area contributed by atoms with Gasteiger partial charge in [-0.25, -0.2) is 0 Å². The molecule has 1 unspecified atom stereocenters. The van der Waals surface area contributed by atoms with E-state index in [4.69, 9.17) is 4.74 Å². The number of aromatic nitrogens is 1. The molecule has 1 saturated heterocycles. The van der Waals surface area contributed by atoms with Gasteiger partial charge in [0.1, 0.15) is 0 Å². The lowest BCUT2D eigenvalue weighted by Gasteiger charge is -2.35. The molecule has 1 amide bonds. The molecular weight excluding hydrogens is 220 g/mol. The highest BCUT2D eigenvalue weighted by atomic mass is 16.5. The Morgan fingerprint density at radius 2 is 2.41 bits per heavy atom. The van der Waals surface area contributed by atoms with Crippen LogP contribution in [0.5, 0.6) is 0 Å². The highest BCUT2D eigenvalue weighted by Crippen LogP contribution is 2.13. The molecule has 0 spiro atoms. The van der Waals surface area contributed by atoms with E-state index in [0.717, 1.165) is 6.42 Å². The van der Waals surface area contributed by atoms with Gasteiger partial charge in [-0.05, 0) is 12.5 Å². The van der Waals surface area contributed by atoms with Crippen LogP contribution in [-0.2, 0) is 4.74 Å². The summed E-state index contributed by atoms with van der Waals surface area (Å²) >= 11 is 0. The summed E-state index contributed by atoms with van der Waals surface area (Å²) in [5.74, 6) is -0.0450. The number of carbonyl (C=O) groups is 1. The average molecular weight is 236 g/mol. The molecule has 1 aliphatic heterocycles. The van der Waals surface area contributed by atoms with Crippen molar-refractivity contribution in [2.45, 2.75) is 19.4 Å². The van der Waals surface area contributed by atoms with Crippen molar-refractivity contribution in [2.75, 3.05) is 19.8 Å². The van der Waals surface area contributed by atoms with Crippen LogP contribution in [0.2, 0.25) is 0 Å². The summed E-state index contributed by atoms with van der Waals surface area (Å²) in [5, 5.41) is 0. The molecule has 1 atom stereocenters. The summed E-state index contributed by atoms with van der Waals surface area (Å²) in [6.07, 6.45) is 2.34. The molecule has 92 valence electrons. The molecule has 1 aromatic rings. The first kappa shape index (κ1) is 11.9. The molecule has 2 heterocycles. The number of rotatable bonds is 2. The van der Waals surface area contributed by atoms with Crippen LogP contribution in [0.15, 0.2) is 23.1 Å². The predicted molar refractivity (Wildman–Crippen MR) is 63.0 cm³/mol. The zero-order chi connectivity index (χ0) is 12.3. The molecule has 5 heteroatoms. The van der Waals surface area contributed by atoms with Crippen LogP contribution in [-0.4, -0.2) is 41.6 Å². The smallest absolute Gasteiger partial charge is 0.255 e. The van der Waals surface area contributed by atoms with E-state index < -0.39 is 0 Å². The van der Waals surface area contributed by atoms with Gasteiger partial charge in [-0.15, -0.1) is 0 Å². The average Bonchev–Trinajstić information content (AvgIpc) is 2.39. The first-order valence-corrected chi connectivity index (χ1v) is 5.80. The summed E-state index contributed by atoms with van der Waals surface area (Å²) in [5.41, 5.74) is 0.320. The molecule has 1 N–H and O–H groups in total. The van der Waals surface area contributed by atoms with E-state index in [2.05, 4.69) is 4.98 Å². The largest absolute Gasteiger partial charge is 0.377 e. The zero-order valence-electron chi connectivity index (χ0n) is 9.81. The topological polar surface area (TPSA) is 62.4 Å². The van der Waals surface area contributed by atoms with E-state index in [0.29, 0.717) is 25.3 Å². The van der Waals surface area contributed by atoms with Crippen molar-refractivity contribution in [1.82, 2.24) is 9.88 Å². The lowest BCUT2D eigenvalue weighted by atomic mass is 10.1. The lowest BCUT2D eigenvalue weighted by molar-refractivity contribution is -0.00282. The Labute approximate surface area is 99.4 Å².